The minimum atomic E-state index is -3.01. The van der Waals surface area contributed by atoms with Crippen molar-refractivity contribution in [3.8, 4) is 6.07 Å². The van der Waals surface area contributed by atoms with E-state index in [4.69, 9.17) is 16.9 Å². The van der Waals surface area contributed by atoms with Gasteiger partial charge in [0.2, 0.25) is 0 Å². The van der Waals surface area contributed by atoms with Crippen molar-refractivity contribution in [2.45, 2.75) is 12.8 Å². The maximum atomic E-state index is 12.5. The molecule has 0 aromatic carbocycles. The molecular formula is C8H4ClF2N3O2. The highest BCUT2D eigenvalue weighted by Crippen LogP contribution is 2.30. The summed E-state index contributed by atoms with van der Waals surface area (Å²) in [5.74, 6) is 0. The molecule has 0 N–H and O–H groups in total. The van der Waals surface area contributed by atoms with E-state index >= 15 is 0 Å². The summed E-state index contributed by atoms with van der Waals surface area (Å²) >= 11 is 5.38. The summed E-state index contributed by atoms with van der Waals surface area (Å²) in [5.41, 5.74) is -1.83. The third kappa shape index (κ3) is 2.41. The molecule has 0 amide bonds. The van der Waals surface area contributed by atoms with Crippen molar-refractivity contribution < 1.29 is 13.7 Å². The summed E-state index contributed by atoms with van der Waals surface area (Å²) in [6, 6.07) is 2.42. The van der Waals surface area contributed by atoms with Gasteiger partial charge >= 0.3 is 0 Å². The average Bonchev–Trinajstić information content (AvgIpc) is 2.19. The Balaban J connectivity index is 3.48. The highest BCUT2D eigenvalue weighted by molar-refractivity contribution is 6.29. The molecule has 0 spiro atoms. The van der Waals surface area contributed by atoms with Crippen LogP contribution in [0.4, 0.5) is 14.5 Å². The second kappa shape index (κ2) is 4.81. The number of rotatable bonds is 3. The third-order valence-electron chi connectivity index (χ3n) is 1.76. The number of nitro groups is 1. The summed E-state index contributed by atoms with van der Waals surface area (Å²) in [6.45, 7) is 0. The Hall–Kier alpha value is -1.81. The standard InChI is InChI=1S/C8H4ClF2N3O2/c9-6-3-5(14(15)16)4(1-2-12)7(13-6)8(10)11/h3,8H,1H2. The second-order valence-corrected chi connectivity index (χ2v) is 3.11. The van der Waals surface area contributed by atoms with Gasteiger partial charge in [0.1, 0.15) is 10.8 Å². The number of halogens is 3. The van der Waals surface area contributed by atoms with Crippen LogP contribution < -0.4 is 0 Å². The van der Waals surface area contributed by atoms with E-state index in [1.54, 1.807) is 6.07 Å². The minimum Gasteiger partial charge on any atom is -0.258 e. The van der Waals surface area contributed by atoms with Crippen LogP contribution in [-0.2, 0) is 6.42 Å². The molecule has 0 unspecified atom stereocenters. The van der Waals surface area contributed by atoms with Crippen LogP contribution in [0, 0.1) is 21.4 Å². The molecule has 0 bridgehead atoms. The third-order valence-corrected chi connectivity index (χ3v) is 1.95. The van der Waals surface area contributed by atoms with Gasteiger partial charge in [0.15, 0.2) is 0 Å². The zero-order valence-corrected chi connectivity index (χ0v) is 8.41. The zero-order valence-electron chi connectivity index (χ0n) is 7.65. The molecule has 1 rings (SSSR count). The first-order valence-electron chi connectivity index (χ1n) is 3.96. The van der Waals surface area contributed by atoms with Gasteiger partial charge in [0.05, 0.1) is 29.0 Å². The van der Waals surface area contributed by atoms with Crippen molar-refractivity contribution in [3.05, 3.63) is 32.6 Å². The van der Waals surface area contributed by atoms with E-state index < -0.39 is 39.9 Å². The largest absolute Gasteiger partial charge is 0.280 e. The Morgan fingerprint density at radius 2 is 2.31 bits per heavy atom. The van der Waals surface area contributed by atoms with E-state index in [9.17, 15) is 18.9 Å². The lowest BCUT2D eigenvalue weighted by atomic mass is 10.1. The van der Waals surface area contributed by atoms with Crippen LogP contribution in [0.5, 0.6) is 0 Å². The molecule has 1 aromatic rings. The number of aromatic nitrogens is 1. The summed E-state index contributed by atoms with van der Waals surface area (Å²) in [7, 11) is 0. The second-order valence-electron chi connectivity index (χ2n) is 2.72. The molecule has 5 nitrogen and oxygen atoms in total. The number of nitrogens with zero attached hydrogens (tertiary/aromatic N) is 3. The van der Waals surface area contributed by atoms with E-state index in [0.717, 1.165) is 6.07 Å². The van der Waals surface area contributed by atoms with Crippen LogP contribution in [0.1, 0.15) is 17.7 Å². The van der Waals surface area contributed by atoms with Crippen LogP contribution in [0.2, 0.25) is 5.15 Å². The summed E-state index contributed by atoms with van der Waals surface area (Å²) in [5, 5.41) is 18.6. The molecule has 0 aliphatic carbocycles. The molecule has 0 atom stereocenters. The Morgan fingerprint density at radius 3 is 2.75 bits per heavy atom. The van der Waals surface area contributed by atoms with Gasteiger partial charge in [-0.3, -0.25) is 10.1 Å². The molecular weight excluding hydrogens is 244 g/mol. The average molecular weight is 248 g/mol. The van der Waals surface area contributed by atoms with Crippen molar-refractivity contribution >= 4 is 17.3 Å². The summed E-state index contributed by atoms with van der Waals surface area (Å²) in [6.07, 6.45) is -3.53. The van der Waals surface area contributed by atoms with Crippen molar-refractivity contribution in [1.29, 1.82) is 5.26 Å². The first kappa shape index (κ1) is 12.3. The van der Waals surface area contributed by atoms with Crippen molar-refractivity contribution in [2.24, 2.45) is 0 Å². The molecule has 0 fully saturated rings. The maximum Gasteiger partial charge on any atom is 0.280 e. The van der Waals surface area contributed by atoms with Gasteiger partial charge in [0, 0.05) is 0 Å². The number of alkyl halides is 2. The van der Waals surface area contributed by atoms with E-state index in [2.05, 4.69) is 4.98 Å². The number of pyridine rings is 1. The molecule has 0 saturated carbocycles. The molecule has 0 aliphatic heterocycles. The molecule has 0 radical (unpaired) electrons. The lowest BCUT2D eigenvalue weighted by Crippen LogP contribution is -2.04. The van der Waals surface area contributed by atoms with Gasteiger partial charge in [-0.2, -0.15) is 5.26 Å². The molecule has 1 heterocycles. The highest BCUT2D eigenvalue weighted by atomic mass is 35.5. The molecule has 16 heavy (non-hydrogen) atoms. The van der Waals surface area contributed by atoms with Gasteiger partial charge in [-0.05, 0) is 0 Å². The van der Waals surface area contributed by atoms with E-state index in [1.807, 2.05) is 0 Å². The first-order chi connectivity index (χ1) is 7.47. The SMILES string of the molecule is N#CCc1c([N+](=O)[O-])cc(Cl)nc1C(F)F. The zero-order chi connectivity index (χ0) is 12.3. The molecule has 84 valence electrons. The minimum absolute atomic E-state index is 0.396. The number of nitriles is 1. The van der Waals surface area contributed by atoms with Gasteiger partial charge in [-0.25, -0.2) is 13.8 Å². The van der Waals surface area contributed by atoms with Crippen molar-refractivity contribution in [1.82, 2.24) is 4.98 Å². The Morgan fingerprint density at radius 1 is 1.69 bits per heavy atom. The quantitative estimate of drug-likeness (QED) is 0.467. The summed E-state index contributed by atoms with van der Waals surface area (Å²) in [4.78, 5) is 13.0. The molecule has 1 aromatic heterocycles. The fourth-order valence-corrected chi connectivity index (χ4v) is 1.34. The number of hydrogen-bond donors (Lipinski definition) is 0. The van der Waals surface area contributed by atoms with Gasteiger partial charge < -0.3 is 0 Å². The van der Waals surface area contributed by atoms with Crippen LogP contribution in [0.15, 0.2) is 6.07 Å². The topological polar surface area (TPSA) is 79.8 Å². The van der Waals surface area contributed by atoms with Crippen molar-refractivity contribution in [2.75, 3.05) is 0 Å². The first-order valence-corrected chi connectivity index (χ1v) is 4.34. The molecule has 0 aliphatic rings. The fraction of sp³-hybridized carbons (Fsp3) is 0.250. The predicted molar refractivity (Wildman–Crippen MR) is 50.2 cm³/mol. The van der Waals surface area contributed by atoms with E-state index in [0.29, 0.717) is 0 Å². The van der Waals surface area contributed by atoms with Gasteiger partial charge in [0.25, 0.3) is 12.1 Å². The monoisotopic (exact) mass is 247 g/mol. The predicted octanol–water partition coefficient (Wildman–Crippen LogP) is 2.65. The van der Waals surface area contributed by atoms with Crippen LogP contribution in [0.3, 0.4) is 0 Å². The number of hydrogen-bond acceptors (Lipinski definition) is 4. The lowest BCUT2D eigenvalue weighted by Gasteiger charge is -2.06. The van der Waals surface area contributed by atoms with Crippen LogP contribution >= 0.6 is 11.6 Å². The van der Waals surface area contributed by atoms with Crippen molar-refractivity contribution in [3.63, 3.8) is 0 Å². The fourth-order valence-electron chi connectivity index (χ4n) is 1.15. The van der Waals surface area contributed by atoms with Gasteiger partial charge in [-0.15, -0.1) is 0 Å². The summed E-state index contributed by atoms with van der Waals surface area (Å²) < 4.78 is 25.0. The Bertz CT molecular complexity index is 473. The normalized spacial score (nSPS) is 10.2. The lowest BCUT2D eigenvalue weighted by molar-refractivity contribution is -0.385. The van der Waals surface area contributed by atoms with Crippen LogP contribution in [0.25, 0.3) is 0 Å². The van der Waals surface area contributed by atoms with E-state index in [1.165, 1.54) is 0 Å². The van der Waals surface area contributed by atoms with E-state index in [-0.39, 0.29) is 0 Å². The Labute approximate surface area is 93.4 Å². The molecule has 0 saturated heterocycles. The smallest absolute Gasteiger partial charge is 0.258 e. The van der Waals surface area contributed by atoms with Gasteiger partial charge in [-0.1, -0.05) is 11.6 Å². The van der Waals surface area contributed by atoms with Crippen LogP contribution in [-0.4, -0.2) is 9.91 Å². The Kier molecular flexibility index (Phi) is 3.68. The highest BCUT2D eigenvalue weighted by Gasteiger charge is 2.25. The molecule has 8 heteroatoms. The maximum absolute atomic E-state index is 12.5.